The quantitative estimate of drug-likeness (QED) is 0.122. The predicted octanol–water partition coefficient (Wildman–Crippen LogP) is 6.65. The van der Waals surface area contributed by atoms with Gasteiger partial charge in [0, 0.05) is 30.1 Å². The number of fused-ring (bicyclic) bond motifs is 1. The molecule has 1 unspecified atom stereocenters. The van der Waals surface area contributed by atoms with Gasteiger partial charge in [-0.05, 0) is 76.3 Å². The Hall–Kier alpha value is -5.20. The number of carbonyl (C=O) groups excluding carboxylic acids is 5. The minimum atomic E-state index is -1.04. The third kappa shape index (κ3) is 11.8. The van der Waals surface area contributed by atoms with E-state index >= 15 is 0 Å². The average Bonchev–Trinajstić information content (AvgIpc) is 3.64. The molecule has 1 aromatic heterocycles. The Bertz CT molecular complexity index is 1980. The lowest BCUT2D eigenvalue weighted by Gasteiger charge is -2.35. The molecule has 5 rings (SSSR count). The Morgan fingerprint density at radius 2 is 1.47 bits per heavy atom. The number of esters is 1. The van der Waals surface area contributed by atoms with E-state index in [9.17, 15) is 24.0 Å². The monoisotopic (exact) mass is 827 g/mol. The number of hydrogen-bond acceptors (Lipinski definition) is 9. The van der Waals surface area contributed by atoms with Crippen LogP contribution in [-0.4, -0.2) is 78.6 Å². The Balaban J connectivity index is 1.47. The van der Waals surface area contributed by atoms with Crippen molar-refractivity contribution in [1.82, 2.24) is 26.3 Å². The summed E-state index contributed by atoms with van der Waals surface area (Å²) in [4.78, 5) is 74.5. The van der Waals surface area contributed by atoms with Crippen molar-refractivity contribution in [3.05, 3.63) is 54.6 Å². The van der Waals surface area contributed by atoms with Crippen molar-refractivity contribution in [3.8, 4) is 22.8 Å². The van der Waals surface area contributed by atoms with Gasteiger partial charge >= 0.3 is 5.97 Å². The van der Waals surface area contributed by atoms with Crippen LogP contribution in [0.1, 0.15) is 106 Å². The third-order valence-corrected chi connectivity index (χ3v) is 11.5. The van der Waals surface area contributed by atoms with Crippen LogP contribution in [0.3, 0.4) is 0 Å². The van der Waals surface area contributed by atoms with Crippen LogP contribution < -0.4 is 30.7 Å². The fourth-order valence-electron chi connectivity index (χ4n) is 8.38. The van der Waals surface area contributed by atoms with Crippen molar-refractivity contribution >= 4 is 40.5 Å². The maximum atomic E-state index is 14.6. The number of methoxy groups -OCH3 is 1. The minimum Gasteiger partial charge on any atom is -0.497 e. The molecule has 2 aromatic carbocycles. The number of benzene rings is 2. The molecule has 2 saturated carbocycles. The van der Waals surface area contributed by atoms with Gasteiger partial charge in [-0.2, -0.15) is 0 Å². The smallest absolute Gasteiger partial charge is 0.329 e. The summed E-state index contributed by atoms with van der Waals surface area (Å²) in [5.41, 5.74) is 0.670. The molecule has 326 valence electrons. The fourth-order valence-corrected chi connectivity index (χ4v) is 8.38. The van der Waals surface area contributed by atoms with Gasteiger partial charge in [-0.3, -0.25) is 19.2 Å². The fraction of sp³-hybridized carbons (Fsp3) is 0.574. The predicted molar refractivity (Wildman–Crippen MR) is 231 cm³/mol. The van der Waals surface area contributed by atoms with Crippen LogP contribution in [0.4, 0.5) is 0 Å². The first kappa shape index (κ1) is 45.9. The number of carbonyl (C=O) groups is 5. The van der Waals surface area contributed by atoms with Crippen LogP contribution in [-0.2, 0) is 28.7 Å². The molecule has 0 saturated heterocycles. The second-order valence-corrected chi connectivity index (χ2v) is 18.4. The lowest BCUT2D eigenvalue weighted by Crippen LogP contribution is -2.60. The molecule has 0 bridgehead atoms. The SMILES string of the molecule is CCC[C@H](NC(=O)[C@@H]1C[C@@H](Oc2cc(-c3ccccc3)nc3cc(OC)ccc23)C[C@H]1C(=O)N[C@H](C(=O)NC(C(=O)NC)C1CCCCC1)C(C)(C)C)C(=O)OC(C)(C)C. The van der Waals surface area contributed by atoms with Crippen LogP contribution >= 0.6 is 0 Å². The zero-order valence-corrected chi connectivity index (χ0v) is 36.8. The topological polar surface area (TPSA) is 174 Å². The maximum absolute atomic E-state index is 14.6. The Kier molecular flexibility index (Phi) is 15.2. The normalized spacial score (nSPS) is 20.0. The van der Waals surface area contributed by atoms with Gasteiger partial charge in [-0.1, -0.05) is 83.7 Å². The molecule has 4 N–H and O–H groups in total. The van der Waals surface area contributed by atoms with Crippen molar-refractivity contribution in [3.63, 3.8) is 0 Å². The molecule has 2 aliphatic rings. The molecule has 0 spiro atoms. The highest BCUT2D eigenvalue weighted by Gasteiger charge is 2.47. The minimum absolute atomic E-state index is 0.0198. The number of amides is 4. The Morgan fingerprint density at radius 3 is 2.05 bits per heavy atom. The lowest BCUT2D eigenvalue weighted by molar-refractivity contribution is -0.159. The van der Waals surface area contributed by atoms with E-state index in [1.165, 1.54) is 0 Å². The van der Waals surface area contributed by atoms with Crippen LogP contribution in [0, 0.1) is 23.2 Å². The van der Waals surface area contributed by atoms with E-state index in [4.69, 9.17) is 19.2 Å². The van der Waals surface area contributed by atoms with Crippen molar-refractivity contribution in [2.24, 2.45) is 23.2 Å². The molecule has 4 amide bonds. The van der Waals surface area contributed by atoms with Gasteiger partial charge in [-0.15, -0.1) is 0 Å². The molecule has 2 aliphatic carbocycles. The van der Waals surface area contributed by atoms with Crippen molar-refractivity contribution in [1.29, 1.82) is 0 Å². The molecule has 6 atom stereocenters. The molecule has 0 radical (unpaired) electrons. The standard InChI is InChI=1S/C47H65N5O8/c1-10-17-35(45(57)60-47(5,6)7)50-41(53)33-24-31(59-38-27-36(28-18-13-11-14-19-28)49-37-26-30(58-9)22-23-32(37)38)25-34(33)42(54)52-40(46(2,3)4)44(56)51-39(43(55)48-8)29-20-15-12-16-21-29/h11,13-14,18-19,22-23,26-27,29,31,33-35,39-40H,10,12,15-17,20-21,24-25H2,1-9H3,(H,48,55)(H,50,53)(H,51,56)(H,52,54)/t31-,33-,34-,35+,39?,40-/m1/s1. The molecule has 13 nitrogen and oxygen atoms in total. The lowest BCUT2D eigenvalue weighted by atomic mass is 9.82. The molecule has 1 heterocycles. The molecule has 3 aromatic rings. The van der Waals surface area contributed by atoms with E-state index in [2.05, 4.69) is 21.3 Å². The average molecular weight is 828 g/mol. The highest BCUT2D eigenvalue weighted by Crippen LogP contribution is 2.39. The zero-order chi connectivity index (χ0) is 43.8. The van der Waals surface area contributed by atoms with Gasteiger partial charge in [-0.25, -0.2) is 9.78 Å². The van der Waals surface area contributed by atoms with Crippen LogP contribution in [0.25, 0.3) is 22.2 Å². The molecule has 2 fully saturated rings. The van der Waals surface area contributed by atoms with Gasteiger partial charge in [0.1, 0.15) is 41.3 Å². The highest BCUT2D eigenvalue weighted by molar-refractivity contribution is 5.95. The highest BCUT2D eigenvalue weighted by atomic mass is 16.6. The summed E-state index contributed by atoms with van der Waals surface area (Å²) in [5.74, 6) is -2.97. The van der Waals surface area contributed by atoms with Crippen LogP contribution in [0.15, 0.2) is 54.6 Å². The van der Waals surface area contributed by atoms with Crippen molar-refractivity contribution in [2.75, 3.05) is 14.2 Å². The number of rotatable bonds is 15. The van der Waals surface area contributed by atoms with E-state index < -0.39 is 70.8 Å². The molecular weight excluding hydrogens is 763 g/mol. The Morgan fingerprint density at radius 1 is 0.817 bits per heavy atom. The number of nitrogens with zero attached hydrogens (tertiary/aromatic N) is 1. The Labute approximate surface area is 354 Å². The maximum Gasteiger partial charge on any atom is 0.329 e. The molecular formula is C47H65N5O8. The first-order valence-corrected chi connectivity index (χ1v) is 21.5. The number of ether oxygens (including phenoxy) is 3. The van der Waals surface area contributed by atoms with Crippen LogP contribution in [0.2, 0.25) is 0 Å². The first-order valence-electron chi connectivity index (χ1n) is 21.5. The van der Waals surface area contributed by atoms with Gasteiger partial charge in [0.15, 0.2) is 0 Å². The number of hydrogen-bond donors (Lipinski definition) is 4. The summed E-state index contributed by atoms with van der Waals surface area (Å²) >= 11 is 0. The van der Waals surface area contributed by atoms with Gasteiger partial charge in [0.25, 0.3) is 0 Å². The summed E-state index contributed by atoms with van der Waals surface area (Å²) in [6, 6.07) is 14.4. The number of nitrogens with one attached hydrogen (secondary N) is 4. The molecule has 60 heavy (non-hydrogen) atoms. The van der Waals surface area contributed by atoms with Crippen molar-refractivity contribution in [2.45, 2.75) is 136 Å². The zero-order valence-electron chi connectivity index (χ0n) is 36.8. The van der Waals surface area contributed by atoms with E-state index in [1.54, 1.807) is 34.9 Å². The van der Waals surface area contributed by atoms with Gasteiger partial charge < -0.3 is 35.5 Å². The van der Waals surface area contributed by atoms with E-state index in [1.807, 2.05) is 82.3 Å². The number of pyridine rings is 1. The summed E-state index contributed by atoms with van der Waals surface area (Å²) in [6.07, 6.45) is 5.34. The molecule has 13 heteroatoms. The largest absolute Gasteiger partial charge is 0.497 e. The summed E-state index contributed by atoms with van der Waals surface area (Å²) in [7, 11) is 3.15. The number of likely N-dealkylation sites (N-methyl/N-ethyl adjacent to an activating group) is 1. The van der Waals surface area contributed by atoms with Gasteiger partial charge in [0.05, 0.1) is 30.2 Å². The first-order chi connectivity index (χ1) is 28.4. The summed E-state index contributed by atoms with van der Waals surface area (Å²) in [5, 5.41) is 12.3. The van der Waals surface area contributed by atoms with E-state index in [0.29, 0.717) is 35.6 Å². The van der Waals surface area contributed by atoms with E-state index in [0.717, 1.165) is 43.1 Å². The third-order valence-electron chi connectivity index (χ3n) is 11.5. The summed E-state index contributed by atoms with van der Waals surface area (Å²) in [6.45, 7) is 12.8. The van der Waals surface area contributed by atoms with Gasteiger partial charge in [0.2, 0.25) is 23.6 Å². The number of aromatic nitrogens is 1. The van der Waals surface area contributed by atoms with Crippen LogP contribution in [0.5, 0.6) is 11.5 Å². The molecule has 0 aliphatic heterocycles. The van der Waals surface area contributed by atoms with Crippen molar-refractivity contribution < 1.29 is 38.2 Å². The second kappa shape index (κ2) is 19.9. The summed E-state index contributed by atoms with van der Waals surface area (Å²) < 4.78 is 17.9. The van der Waals surface area contributed by atoms with E-state index in [-0.39, 0.29) is 24.7 Å². The second-order valence-electron chi connectivity index (χ2n) is 18.4.